The third kappa shape index (κ3) is 6.22. The minimum absolute atomic E-state index is 0. The molecule has 0 bridgehead atoms. The van der Waals surface area contributed by atoms with E-state index < -0.39 is 0 Å². The number of nitrogens with zero attached hydrogens (tertiary/aromatic N) is 1. The summed E-state index contributed by atoms with van der Waals surface area (Å²) in [4.78, 5) is 2.26. The number of alkyl halides is 1. The summed E-state index contributed by atoms with van der Waals surface area (Å²) in [5.41, 5.74) is 7.35. The zero-order valence-electron chi connectivity index (χ0n) is 21.0. The number of benzene rings is 3. The number of aromatic hydroxyl groups is 2. The largest absolute Gasteiger partial charge is 0.508 e. The molecule has 1 aliphatic heterocycles. The quantitative estimate of drug-likeness (QED) is 0.251. The van der Waals surface area contributed by atoms with Gasteiger partial charge in [-0.05, 0) is 78.6 Å². The molecule has 0 saturated carbocycles. The van der Waals surface area contributed by atoms with Gasteiger partial charge in [0.15, 0.2) is 0 Å². The minimum atomic E-state index is -0.275. The Morgan fingerprint density at radius 3 is 2.51 bits per heavy atom. The molecule has 3 aromatic carbocycles. The molecule has 1 atom stereocenters. The third-order valence-corrected chi connectivity index (χ3v) is 7.20. The van der Waals surface area contributed by atoms with Crippen molar-refractivity contribution in [1.29, 1.82) is 0 Å². The van der Waals surface area contributed by atoms with Crippen LogP contribution in [0.1, 0.15) is 53.5 Å². The van der Waals surface area contributed by atoms with Gasteiger partial charge in [0.2, 0.25) is 0 Å². The van der Waals surface area contributed by atoms with Crippen LogP contribution in [0.4, 0.5) is 4.39 Å². The number of rotatable bonds is 7. The fourth-order valence-corrected chi connectivity index (χ4v) is 5.49. The van der Waals surface area contributed by atoms with Gasteiger partial charge in [-0.25, -0.2) is 0 Å². The summed E-state index contributed by atoms with van der Waals surface area (Å²) in [5, 5.41) is 20.6. The Morgan fingerprint density at radius 2 is 1.76 bits per heavy atom. The van der Waals surface area contributed by atoms with Crippen LogP contribution in [0.25, 0.3) is 11.1 Å². The van der Waals surface area contributed by atoms with Crippen LogP contribution < -0.4 is 4.74 Å². The Labute approximate surface area is 233 Å². The fourth-order valence-electron chi connectivity index (χ4n) is 5.49. The number of ether oxygens (including phenoxy) is 1. The summed E-state index contributed by atoms with van der Waals surface area (Å²) in [5.74, 6) is 0.955. The van der Waals surface area contributed by atoms with Crippen LogP contribution in [0.3, 0.4) is 0 Å². The number of aryl methyl sites for hydroxylation is 1. The molecule has 1 saturated heterocycles. The molecule has 0 radical (unpaired) electrons. The van der Waals surface area contributed by atoms with Crippen molar-refractivity contribution in [3.05, 3.63) is 95.4 Å². The van der Waals surface area contributed by atoms with Gasteiger partial charge >= 0.3 is 0 Å². The second-order valence-electron chi connectivity index (χ2n) is 9.80. The summed E-state index contributed by atoms with van der Waals surface area (Å²) in [6.45, 7) is 6.40. The number of phenols is 2. The molecule has 0 unspecified atom stereocenters. The average molecular weight is 583 g/mol. The molecular formula is C31H33FMoNO3-. The van der Waals surface area contributed by atoms with Crippen molar-refractivity contribution in [2.75, 3.05) is 26.3 Å². The van der Waals surface area contributed by atoms with Crippen molar-refractivity contribution >= 4 is 11.1 Å². The Morgan fingerprint density at radius 1 is 0.973 bits per heavy atom. The van der Waals surface area contributed by atoms with Gasteiger partial charge in [-0.1, -0.05) is 17.7 Å². The summed E-state index contributed by atoms with van der Waals surface area (Å²) in [6, 6.07) is 19.3. The summed E-state index contributed by atoms with van der Waals surface area (Å²) in [7, 11) is 0. The Bertz CT molecular complexity index is 1260. The van der Waals surface area contributed by atoms with E-state index in [1.165, 1.54) is 11.6 Å². The molecular weight excluding hydrogens is 549 g/mol. The number of phenolic OH excluding ortho intramolecular Hbond substituents is 2. The zero-order chi connectivity index (χ0) is 25.1. The van der Waals surface area contributed by atoms with Gasteiger partial charge in [0.05, 0.1) is 6.67 Å². The Balaban J connectivity index is 0.00000320. The number of halogens is 1. The number of fused-ring (bicyclic) bond motifs is 1. The molecule has 5 rings (SSSR count). The van der Waals surface area contributed by atoms with Gasteiger partial charge in [-0.3, -0.25) is 9.29 Å². The third-order valence-electron chi connectivity index (χ3n) is 7.20. The van der Waals surface area contributed by atoms with Crippen LogP contribution in [-0.2, 0) is 27.5 Å². The first-order valence-electron chi connectivity index (χ1n) is 12.8. The molecule has 1 aliphatic carbocycles. The van der Waals surface area contributed by atoms with Gasteiger partial charge in [-0.2, -0.15) is 24.6 Å². The van der Waals surface area contributed by atoms with Crippen molar-refractivity contribution in [2.45, 2.75) is 38.2 Å². The number of likely N-dealkylation sites (tertiary alicyclic amines) is 1. The predicted octanol–water partition coefficient (Wildman–Crippen LogP) is 6.39. The molecule has 2 aliphatic rings. The van der Waals surface area contributed by atoms with Crippen LogP contribution in [0.5, 0.6) is 17.2 Å². The number of hydrogen-bond acceptors (Lipinski definition) is 4. The second-order valence-corrected chi connectivity index (χ2v) is 9.80. The molecule has 194 valence electrons. The molecule has 0 amide bonds. The maximum atomic E-state index is 12.5. The molecule has 0 aromatic heterocycles. The van der Waals surface area contributed by atoms with Crippen LogP contribution in [0.2, 0.25) is 0 Å². The van der Waals surface area contributed by atoms with E-state index in [0.29, 0.717) is 6.42 Å². The van der Waals surface area contributed by atoms with E-state index in [0.717, 1.165) is 84.5 Å². The van der Waals surface area contributed by atoms with Crippen LogP contribution in [-0.4, -0.2) is 47.5 Å². The van der Waals surface area contributed by atoms with Gasteiger partial charge in [0.25, 0.3) is 0 Å². The van der Waals surface area contributed by atoms with Gasteiger partial charge < -0.3 is 14.9 Å². The summed E-state index contributed by atoms with van der Waals surface area (Å²) < 4.78 is 18.8. The molecule has 1 fully saturated rings. The van der Waals surface area contributed by atoms with E-state index in [1.807, 2.05) is 18.2 Å². The van der Waals surface area contributed by atoms with Crippen LogP contribution in [0.15, 0.2) is 60.7 Å². The molecule has 6 heteroatoms. The summed E-state index contributed by atoms with van der Waals surface area (Å²) >= 11 is 0. The molecule has 0 spiro atoms. The van der Waals surface area contributed by atoms with Crippen LogP contribution >= 0.6 is 0 Å². The molecule has 2 N–H and O–H groups in total. The van der Waals surface area contributed by atoms with E-state index in [4.69, 9.17) is 4.74 Å². The van der Waals surface area contributed by atoms with E-state index in [2.05, 4.69) is 36.1 Å². The van der Waals surface area contributed by atoms with Crippen molar-refractivity contribution < 1.29 is 40.4 Å². The first-order chi connectivity index (χ1) is 17.5. The first-order valence-corrected chi connectivity index (χ1v) is 12.8. The van der Waals surface area contributed by atoms with Gasteiger partial charge in [0, 0.05) is 52.3 Å². The van der Waals surface area contributed by atoms with E-state index in [9.17, 15) is 14.6 Å². The standard InChI is InChI=1S/C31H33FNO3.Mo/c1-21-6-12-27-23(18-21)4-2-5-29(28-13-9-24(34)19-30(28)35)31(27)22-7-10-25(11-8-22)36-26-14-17-33(20-26)16-3-15-32;/h6-13,18-19,26,34-35H,1-5,14-17,20H2;/q-1;/t26-;/m0./s1. The maximum absolute atomic E-state index is 12.5. The van der Waals surface area contributed by atoms with Crippen molar-refractivity contribution in [2.24, 2.45) is 0 Å². The minimum Gasteiger partial charge on any atom is -0.508 e. The Kier molecular flexibility index (Phi) is 8.99. The number of allylic oxidation sites excluding steroid dienone is 1. The van der Waals surface area contributed by atoms with Crippen LogP contribution in [0, 0.1) is 6.92 Å². The van der Waals surface area contributed by atoms with Crippen molar-refractivity contribution in [1.82, 2.24) is 4.90 Å². The SMILES string of the molecule is [CH2-]c1ccc2c(c1)CCCC(c1ccc(O)cc1O)=C2c1ccc(O[C@H]2CCN(CCCF)C2)cc1.[Mo]. The average Bonchev–Trinajstić information content (AvgIpc) is 3.22. The second kappa shape index (κ2) is 12.2. The maximum Gasteiger partial charge on any atom is 0.126 e. The normalized spacial score (nSPS) is 17.7. The van der Waals surface area contributed by atoms with Gasteiger partial charge in [-0.15, -0.1) is 6.07 Å². The predicted molar refractivity (Wildman–Crippen MR) is 142 cm³/mol. The zero-order valence-corrected chi connectivity index (χ0v) is 23.0. The summed E-state index contributed by atoms with van der Waals surface area (Å²) in [6.07, 6.45) is 4.35. The van der Waals surface area contributed by atoms with Crippen molar-refractivity contribution in [3.8, 4) is 17.2 Å². The first kappa shape index (κ1) is 27.3. The molecule has 3 aromatic rings. The Hall–Kier alpha value is -2.75. The topological polar surface area (TPSA) is 52.9 Å². The molecule has 4 nitrogen and oxygen atoms in total. The van der Waals surface area contributed by atoms with Gasteiger partial charge in [0.1, 0.15) is 23.4 Å². The molecule has 1 heterocycles. The van der Waals surface area contributed by atoms with E-state index in [1.54, 1.807) is 12.1 Å². The number of hydrogen-bond donors (Lipinski definition) is 2. The van der Waals surface area contributed by atoms with E-state index in [-0.39, 0.29) is 45.3 Å². The smallest absolute Gasteiger partial charge is 0.126 e. The molecule has 37 heavy (non-hydrogen) atoms. The fraction of sp³-hybridized carbons (Fsp3) is 0.323. The van der Waals surface area contributed by atoms with E-state index >= 15 is 0 Å². The monoisotopic (exact) mass is 584 g/mol. The van der Waals surface area contributed by atoms with Crippen molar-refractivity contribution in [3.63, 3.8) is 0 Å².